The highest BCUT2D eigenvalue weighted by Crippen LogP contribution is 2.24. The molecule has 1 rings (SSSR count). The SMILES string of the molecule is C[C@@H](NS(=O)(=O)c1cc(S(C)(=O)=O)ccc1Cl)C(=O)O. The van der Waals surface area contributed by atoms with Gasteiger partial charge in [-0.15, -0.1) is 0 Å². The fraction of sp³-hybridized carbons (Fsp3) is 0.300. The van der Waals surface area contributed by atoms with E-state index in [2.05, 4.69) is 0 Å². The molecule has 0 bridgehead atoms. The second kappa shape index (κ2) is 5.68. The van der Waals surface area contributed by atoms with Crippen LogP contribution in [0.5, 0.6) is 0 Å². The lowest BCUT2D eigenvalue weighted by molar-refractivity contribution is -0.138. The third-order valence-corrected chi connectivity index (χ3v) is 5.46. The van der Waals surface area contributed by atoms with Gasteiger partial charge in [0.25, 0.3) is 0 Å². The highest BCUT2D eigenvalue weighted by molar-refractivity contribution is 7.91. The van der Waals surface area contributed by atoms with Crippen molar-refractivity contribution in [2.75, 3.05) is 6.26 Å². The molecular formula is C10H12ClNO6S2. The third-order valence-electron chi connectivity index (χ3n) is 2.32. The van der Waals surface area contributed by atoms with Crippen LogP contribution in [0.25, 0.3) is 0 Å². The van der Waals surface area contributed by atoms with E-state index in [4.69, 9.17) is 16.7 Å². The summed E-state index contributed by atoms with van der Waals surface area (Å²) < 4.78 is 48.7. The number of hydrogen-bond donors (Lipinski definition) is 2. The number of rotatable bonds is 5. The molecule has 0 aliphatic rings. The van der Waals surface area contributed by atoms with E-state index in [0.717, 1.165) is 31.4 Å². The number of sulfone groups is 1. The predicted molar refractivity (Wildman–Crippen MR) is 72.0 cm³/mol. The average Bonchev–Trinajstić information content (AvgIpc) is 2.26. The molecule has 0 aromatic heterocycles. The van der Waals surface area contributed by atoms with Gasteiger partial charge >= 0.3 is 5.97 Å². The fourth-order valence-corrected chi connectivity index (χ4v) is 3.71. The Kier molecular flexibility index (Phi) is 4.80. The summed E-state index contributed by atoms with van der Waals surface area (Å²) in [4.78, 5) is 9.94. The molecule has 0 fully saturated rings. The van der Waals surface area contributed by atoms with Crippen LogP contribution in [0, 0.1) is 0 Å². The van der Waals surface area contributed by atoms with Crippen molar-refractivity contribution in [3.63, 3.8) is 0 Å². The number of benzene rings is 1. The zero-order valence-electron chi connectivity index (χ0n) is 10.5. The number of sulfonamides is 1. The van der Waals surface area contributed by atoms with Crippen LogP contribution < -0.4 is 4.72 Å². The molecule has 0 unspecified atom stereocenters. The number of hydrogen-bond acceptors (Lipinski definition) is 5. The number of carboxylic acids is 1. The van der Waals surface area contributed by atoms with E-state index in [9.17, 15) is 21.6 Å². The molecule has 20 heavy (non-hydrogen) atoms. The molecule has 0 saturated heterocycles. The maximum Gasteiger partial charge on any atom is 0.321 e. The summed E-state index contributed by atoms with van der Waals surface area (Å²) >= 11 is 5.73. The first-order chi connectivity index (χ1) is 8.95. The van der Waals surface area contributed by atoms with E-state index < -0.39 is 36.8 Å². The van der Waals surface area contributed by atoms with Gasteiger partial charge < -0.3 is 5.11 Å². The Balaban J connectivity index is 3.35. The maximum absolute atomic E-state index is 12.0. The molecule has 0 aliphatic heterocycles. The molecule has 2 N–H and O–H groups in total. The average molecular weight is 342 g/mol. The summed E-state index contributed by atoms with van der Waals surface area (Å²) in [5.41, 5.74) is 0. The molecule has 1 aromatic carbocycles. The molecule has 1 atom stereocenters. The van der Waals surface area contributed by atoms with Gasteiger partial charge in [0.15, 0.2) is 9.84 Å². The van der Waals surface area contributed by atoms with Gasteiger partial charge in [-0.1, -0.05) is 11.6 Å². The predicted octanol–water partition coefficient (Wildman–Crippen LogP) is 0.495. The summed E-state index contributed by atoms with van der Waals surface area (Å²) in [6, 6.07) is 1.79. The van der Waals surface area contributed by atoms with Crippen molar-refractivity contribution in [2.45, 2.75) is 22.8 Å². The minimum Gasteiger partial charge on any atom is -0.480 e. The zero-order chi connectivity index (χ0) is 15.7. The molecule has 0 radical (unpaired) electrons. The molecule has 0 amide bonds. The van der Waals surface area contributed by atoms with Crippen molar-refractivity contribution in [3.8, 4) is 0 Å². The van der Waals surface area contributed by atoms with Crippen LogP contribution in [-0.4, -0.2) is 40.2 Å². The lowest BCUT2D eigenvalue weighted by atomic mass is 10.4. The summed E-state index contributed by atoms with van der Waals surface area (Å²) in [7, 11) is -7.86. The molecule has 112 valence electrons. The quantitative estimate of drug-likeness (QED) is 0.805. The van der Waals surface area contributed by atoms with Crippen LogP contribution in [-0.2, 0) is 24.7 Å². The van der Waals surface area contributed by atoms with Crippen molar-refractivity contribution >= 4 is 37.4 Å². The monoisotopic (exact) mass is 341 g/mol. The van der Waals surface area contributed by atoms with Gasteiger partial charge in [-0.05, 0) is 25.1 Å². The van der Waals surface area contributed by atoms with E-state index in [1.165, 1.54) is 0 Å². The third kappa shape index (κ3) is 3.92. The first-order valence-corrected chi connectivity index (χ1v) is 8.95. The van der Waals surface area contributed by atoms with Crippen molar-refractivity contribution < 1.29 is 26.7 Å². The first-order valence-electron chi connectivity index (χ1n) is 5.20. The molecule has 0 heterocycles. The topological polar surface area (TPSA) is 118 Å². The van der Waals surface area contributed by atoms with E-state index in [-0.39, 0.29) is 9.92 Å². The minimum absolute atomic E-state index is 0.206. The zero-order valence-corrected chi connectivity index (χ0v) is 12.9. The normalized spacial score (nSPS) is 13.9. The van der Waals surface area contributed by atoms with Crippen LogP contribution in [0.4, 0.5) is 0 Å². The summed E-state index contributed by atoms with van der Waals surface area (Å²) in [6.07, 6.45) is 0.917. The van der Waals surface area contributed by atoms with Gasteiger partial charge in [0.1, 0.15) is 10.9 Å². The molecule has 10 heteroatoms. The number of carboxylic acid groups (broad SMARTS) is 1. The minimum atomic E-state index is -4.25. The highest BCUT2D eigenvalue weighted by atomic mass is 35.5. The molecule has 0 aliphatic carbocycles. The van der Waals surface area contributed by atoms with Crippen molar-refractivity contribution in [1.82, 2.24) is 4.72 Å². The first kappa shape index (κ1) is 16.9. The Morgan fingerprint density at radius 3 is 2.30 bits per heavy atom. The molecule has 7 nitrogen and oxygen atoms in total. The van der Waals surface area contributed by atoms with Crippen LogP contribution in [0.1, 0.15) is 6.92 Å². The maximum atomic E-state index is 12.0. The Hall–Kier alpha value is -1.16. The largest absolute Gasteiger partial charge is 0.480 e. The Labute approximate surface area is 121 Å². The molecule has 0 saturated carbocycles. The van der Waals surface area contributed by atoms with Gasteiger partial charge in [-0.2, -0.15) is 4.72 Å². The number of nitrogens with one attached hydrogen (secondary N) is 1. The van der Waals surface area contributed by atoms with Crippen molar-refractivity contribution in [2.24, 2.45) is 0 Å². The molecule has 0 spiro atoms. The number of carbonyl (C=O) groups is 1. The lowest BCUT2D eigenvalue weighted by Crippen LogP contribution is -2.38. The van der Waals surface area contributed by atoms with Crippen molar-refractivity contribution in [1.29, 1.82) is 0 Å². The van der Waals surface area contributed by atoms with Crippen LogP contribution in [0.3, 0.4) is 0 Å². The van der Waals surface area contributed by atoms with E-state index >= 15 is 0 Å². The van der Waals surface area contributed by atoms with Crippen molar-refractivity contribution in [3.05, 3.63) is 23.2 Å². The molecule has 1 aromatic rings. The van der Waals surface area contributed by atoms with Gasteiger partial charge in [-0.25, -0.2) is 16.8 Å². The van der Waals surface area contributed by atoms with E-state index in [0.29, 0.717) is 0 Å². The van der Waals surface area contributed by atoms with E-state index in [1.807, 2.05) is 4.72 Å². The molecular weight excluding hydrogens is 330 g/mol. The Morgan fingerprint density at radius 1 is 1.30 bits per heavy atom. The van der Waals surface area contributed by atoms with Gasteiger partial charge in [0, 0.05) is 6.26 Å². The van der Waals surface area contributed by atoms with Crippen LogP contribution in [0.15, 0.2) is 28.0 Å². The Morgan fingerprint density at radius 2 is 1.85 bits per heavy atom. The second-order valence-corrected chi connectivity index (χ2v) is 8.15. The highest BCUT2D eigenvalue weighted by Gasteiger charge is 2.25. The number of halogens is 1. The van der Waals surface area contributed by atoms with Gasteiger partial charge in [-0.3, -0.25) is 4.79 Å². The van der Waals surface area contributed by atoms with E-state index in [1.54, 1.807) is 0 Å². The summed E-state index contributed by atoms with van der Waals surface area (Å²) in [5.74, 6) is -1.37. The fourth-order valence-electron chi connectivity index (χ4n) is 1.27. The Bertz CT molecular complexity index is 741. The lowest BCUT2D eigenvalue weighted by Gasteiger charge is -2.12. The summed E-state index contributed by atoms with van der Waals surface area (Å²) in [5, 5.41) is 8.48. The standard InChI is InChI=1S/C10H12ClNO6S2/c1-6(10(13)14)12-20(17,18)9-5-7(19(2,15)16)3-4-8(9)11/h3-6,12H,1-2H3,(H,13,14)/t6-/m1/s1. The smallest absolute Gasteiger partial charge is 0.321 e. The van der Waals surface area contributed by atoms with Crippen LogP contribution in [0.2, 0.25) is 5.02 Å². The van der Waals surface area contributed by atoms with Gasteiger partial charge in [0.2, 0.25) is 10.0 Å². The summed E-state index contributed by atoms with van der Waals surface area (Å²) in [6.45, 7) is 1.13. The number of aliphatic carboxylic acids is 1. The second-order valence-electron chi connectivity index (χ2n) is 4.05. The van der Waals surface area contributed by atoms with Crippen LogP contribution >= 0.6 is 11.6 Å². The van der Waals surface area contributed by atoms with Gasteiger partial charge in [0.05, 0.1) is 9.92 Å².